The van der Waals surface area contributed by atoms with Crippen LogP contribution in [0.4, 0.5) is 9.18 Å². The van der Waals surface area contributed by atoms with Crippen molar-refractivity contribution in [1.82, 2.24) is 30.7 Å². The quantitative estimate of drug-likeness (QED) is 0.0993. The molecule has 4 rings (SSSR count). The Balaban J connectivity index is 1.52. The Morgan fingerprint density at radius 3 is 2.39 bits per heavy atom. The van der Waals surface area contributed by atoms with E-state index >= 15 is 4.39 Å². The summed E-state index contributed by atoms with van der Waals surface area (Å²) in [6.45, 7) is 9.66. The minimum atomic E-state index is -2.44. The number of nitrogens with zero attached hydrogens (tertiary/aromatic N) is 3. The SMILES string of the molecule is CC[C@H](C)[C@@H](CNC(=O)[C@@H](NC(=O)[C@]1(F)CCN(C(=O)O)C1)C(C)C)[C@@H](OC)C(C=O)N1CCC([C@](N[C@@H](Cc2ccccc2)c2nccs2)(OC)[C@H](C)C=O)C1. The summed E-state index contributed by atoms with van der Waals surface area (Å²) < 4.78 is 28.0. The van der Waals surface area contributed by atoms with Gasteiger partial charge in [0, 0.05) is 63.7 Å². The summed E-state index contributed by atoms with van der Waals surface area (Å²) in [5.41, 5.74) is -2.44. The number of amides is 3. The van der Waals surface area contributed by atoms with Crippen LogP contribution in [0.1, 0.15) is 70.5 Å². The van der Waals surface area contributed by atoms with E-state index in [1.807, 2.05) is 44.4 Å². The number of rotatable bonds is 22. The van der Waals surface area contributed by atoms with Crippen molar-refractivity contribution in [3.8, 4) is 0 Å². The van der Waals surface area contributed by atoms with Gasteiger partial charge in [-0.1, -0.05) is 71.4 Å². The van der Waals surface area contributed by atoms with Crippen molar-refractivity contribution in [2.45, 2.75) is 95.9 Å². The van der Waals surface area contributed by atoms with Crippen molar-refractivity contribution >= 4 is 41.8 Å². The molecule has 316 valence electrons. The number of nitrogens with one attached hydrogen (secondary N) is 3. The average Bonchev–Trinajstić information content (AvgIpc) is 4.01. The summed E-state index contributed by atoms with van der Waals surface area (Å²) in [6.07, 6.45) is 3.24. The predicted molar refractivity (Wildman–Crippen MR) is 214 cm³/mol. The van der Waals surface area contributed by atoms with Crippen LogP contribution in [0.5, 0.6) is 0 Å². The summed E-state index contributed by atoms with van der Waals surface area (Å²) >= 11 is 1.53. The number of thiazole rings is 1. The van der Waals surface area contributed by atoms with Crippen molar-refractivity contribution in [1.29, 1.82) is 0 Å². The van der Waals surface area contributed by atoms with E-state index in [-0.39, 0.29) is 43.3 Å². The lowest BCUT2D eigenvalue weighted by Gasteiger charge is -2.44. The van der Waals surface area contributed by atoms with E-state index < -0.39 is 65.9 Å². The Morgan fingerprint density at radius 2 is 1.84 bits per heavy atom. The van der Waals surface area contributed by atoms with Crippen LogP contribution in [0.3, 0.4) is 0 Å². The van der Waals surface area contributed by atoms with Crippen LogP contribution in [0, 0.1) is 29.6 Å². The molecule has 3 amide bonds. The number of alkyl halides is 1. The first-order valence-electron chi connectivity index (χ1n) is 19.9. The fourth-order valence-electron chi connectivity index (χ4n) is 8.41. The molecule has 3 heterocycles. The minimum absolute atomic E-state index is 0.00958. The van der Waals surface area contributed by atoms with Gasteiger partial charge in [0.05, 0.1) is 30.7 Å². The van der Waals surface area contributed by atoms with Crippen molar-refractivity contribution in [3.63, 3.8) is 0 Å². The van der Waals surface area contributed by atoms with Gasteiger partial charge in [-0.2, -0.15) is 0 Å². The number of aldehydes is 2. The molecule has 2 saturated heterocycles. The Labute approximate surface area is 339 Å². The van der Waals surface area contributed by atoms with Crippen molar-refractivity contribution in [2.24, 2.45) is 29.6 Å². The fourth-order valence-corrected chi connectivity index (χ4v) is 9.10. The maximum Gasteiger partial charge on any atom is 0.407 e. The second-order valence-corrected chi connectivity index (χ2v) is 16.8. The van der Waals surface area contributed by atoms with E-state index in [4.69, 9.17) is 9.47 Å². The van der Waals surface area contributed by atoms with Gasteiger partial charge in [0.1, 0.15) is 29.3 Å². The molecule has 2 aliphatic rings. The zero-order valence-corrected chi connectivity index (χ0v) is 35.0. The van der Waals surface area contributed by atoms with Gasteiger partial charge < -0.3 is 39.7 Å². The molecule has 1 aromatic carbocycles. The molecule has 10 atom stereocenters. The highest BCUT2D eigenvalue weighted by molar-refractivity contribution is 7.09. The largest absolute Gasteiger partial charge is 0.465 e. The van der Waals surface area contributed by atoms with Gasteiger partial charge in [-0.05, 0) is 36.8 Å². The van der Waals surface area contributed by atoms with Crippen LogP contribution in [0.15, 0.2) is 41.9 Å². The van der Waals surface area contributed by atoms with Gasteiger partial charge in [-0.25, -0.2) is 14.2 Å². The second kappa shape index (κ2) is 20.7. The van der Waals surface area contributed by atoms with Crippen LogP contribution < -0.4 is 16.0 Å². The first-order chi connectivity index (χ1) is 27.2. The lowest BCUT2D eigenvalue weighted by atomic mass is 9.82. The molecule has 2 unspecified atom stereocenters. The van der Waals surface area contributed by atoms with Gasteiger partial charge in [-0.15, -0.1) is 11.3 Å². The molecule has 0 saturated carbocycles. The molecular formula is C41H61FN6O8S. The highest BCUT2D eigenvalue weighted by Crippen LogP contribution is 2.39. The molecule has 0 spiro atoms. The summed E-state index contributed by atoms with van der Waals surface area (Å²) in [5, 5.41) is 21.3. The highest BCUT2D eigenvalue weighted by Gasteiger charge is 2.51. The van der Waals surface area contributed by atoms with E-state index in [0.717, 1.165) is 34.5 Å². The van der Waals surface area contributed by atoms with Crippen LogP contribution in [0.25, 0.3) is 0 Å². The molecule has 57 heavy (non-hydrogen) atoms. The Morgan fingerprint density at radius 1 is 1.12 bits per heavy atom. The maximum absolute atomic E-state index is 15.6. The van der Waals surface area contributed by atoms with E-state index in [9.17, 15) is 29.1 Å². The number of methoxy groups -OCH3 is 2. The lowest BCUT2D eigenvalue weighted by molar-refractivity contribution is -0.145. The van der Waals surface area contributed by atoms with Crippen molar-refractivity contribution in [3.05, 3.63) is 52.5 Å². The molecular weight excluding hydrogens is 756 g/mol. The topological polar surface area (TPSA) is 180 Å². The zero-order chi connectivity index (χ0) is 41.9. The third kappa shape index (κ3) is 10.8. The van der Waals surface area contributed by atoms with Gasteiger partial charge in [0.15, 0.2) is 0 Å². The zero-order valence-electron chi connectivity index (χ0n) is 34.2. The monoisotopic (exact) mass is 816 g/mol. The molecule has 2 fully saturated rings. The van der Waals surface area contributed by atoms with Gasteiger partial charge in [-0.3, -0.25) is 19.8 Å². The number of likely N-dealkylation sites (tertiary alicyclic amines) is 2. The van der Waals surface area contributed by atoms with Gasteiger partial charge in [0.2, 0.25) is 11.6 Å². The smallest absolute Gasteiger partial charge is 0.407 e. The summed E-state index contributed by atoms with van der Waals surface area (Å²) in [4.78, 5) is 71.3. The lowest BCUT2D eigenvalue weighted by Crippen LogP contribution is -2.60. The van der Waals surface area contributed by atoms with Crippen LogP contribution in [0.2, 0.25) is 0 Å². The van der Waals surface area contributed by atoms with E-state index in [2.05, 4.69) is 38.0 Å². The van der Waals surface area contributed by atoms with Crippen LogP contribution >= 0.6 is 11.3 Å². The number of carbonyl (C=O) groups excluding carboxylic acids is 4. The van der Waals surface area contributed by atoms with Crippen LogP contribution in [-0.4, -0.2) is 127 Å². The fraction of sp³-hybridized carbons (Fsp3) is 0.659. The van der Waals surface area contributed by atoms with Gasteiger partial charge in [0.25, 0.3) is 5.91 Å². The third-order valence-electron chi connectivity index (χ3n) is 12.1. The molecule has 14 nitrogen and oxygen atoms in total. The van der Waals surface area contributed by atoms with Crippen molar-refractivity contribution < 1.29 is 42.9 Å². The Hall–Kier alpha value is -3.83. The number of hydrogen-bond acceptors (Lipinski definition) is 11. The van der Waals surface area contributed by atoms with E-state index in [1.54, 1.807) is 34.3 Å². The number of halogens is 1. The Bertz CT molecular complexity index is 1620. The molecule has 16 heteroatoms. The normalized spacial score (nSPS) is 23.5. The molecule has 0 bridgehead atoms. The molecule has 2 aliphatic heterocycles. The summed E-state index contributed by atoms with van der Waals surface area (Å²) in [6, 6.07) is 7.99. The number of ether oxygens (including phenoxy) is 2. The standard InChI is InChI=1S/C41H61FN6O8S/c1-8-27(4)31(21-44-36(51)34(26(2)3)45-38(52)40(42)15-18-48(25-40)39(53)54)35(55-6)33(24-50)47-17-14-30(22-47)41(56-7,28(5)23-49)46-32(37-43-16-19-57-37)20-29-12-10-9-11-13-29/h9-13,16,19,23-24,26-28,30-35,46H,8,14-15,17-18,20-22,25H2,1-7H3,(H,44,51)(H,45,52)(H,53,54)/t27-,28+,30?,31+,32-,33?,34-,35+,40-,41+/m0/s1. The molecule has 1 aromatic heterocycles. The Kier molecular flexibility index (Phi) is 16.7. The summed E-state index contributed by atoms with van der Waals surface area (Å²) in [5.74, 6) is -3.08. The molecule has 0 radical (unpaired) electrons. The molecule has 0 aliphatic carbocycles. The second-order valence-electron chi connectivity index (χ2n) is 15.9. The predicted octanol–water partition coefficient (Wildman–Crippen LogP) is 4.11. The number of aromatic nitrogens is 1. The number of hydrogen-bond donors (Lipinski definition) is 4. The average molecular weight is 817 g/mol. The van der Waals surface area contributed by atoms with Crippen molar-refractivity contribution in [2.75, 3.05) is 46.9 Å². The number of carbonyl (C=O) groups is 5. The maximum atomic E-state index is 15.6. The summed E-state index contributed by atoms with van der Waals surface area (Å²) in [7, 11) is 3.15. The van der Waals surface area contributed by atoms with E-state index in [1.165, 1.54) is 11.3 Å². The molecule has 4 N–H and O–H groups in total. The first kappa shape index (κ1) is 45.9. The van der Waals surface area contributed by atoms with E-state index in [0.29, 0.717) is 25.9 Å². The van der Waals surface area contributed by atoms with Gasteiger partial charge >= 0.3 is 6.09 Å². The van der Waals surface area contributed by atoms with Crippen LogP contribution in [-0.2, 0) is 35.1 Å². The number of carboxylic acid groups (broad SMARTS) is 1. The minimum Gasteiger partial charge on any atom is -0.465 e. The highest BCUT2D eigenvalue weighted by atomic mass is 32.1. The number of benzene rings is 1. The first-order valence-corrected chi connectivity index (χ1v) is 20.7. The molecule has 2 aromatic rings. The third-order valence-corrected chi connectivity index (χ3v) is 13.0.